The number of para-hydroxylation sites is 1. The molecular weight excluding hydrogens is 454 g/mol. The maximum absolute atomic E-state index is 13.2. The number of aryl methyl sites for hydroxylation is 2. The van der Waals surface area contributed by atoms with E-state index in [1.807, 2.05) is 38.1 Å². The number of amides is 1. The van der Waals surface area contributed by atoms with Gasteiger partial charge in [-0.15, -0.1) is 0 Å². The fourth-order valence-electron chi connectivity index (χ4n) is 4.03. The van der Waals surface area contributed by atoms with E-state index in [9.17, 15) is 9.59 Å². The second kappa shape index (κ2) is 8.31. The molecule has 0 aliphatic heterocycles. The molecule has 1 amide bonds. The highest BCUT2D eigenvalue weighted by molar-refractivity contribution is 6.31. The average Bonchev–Trinajstić information content (AvgIpc) is 3.35. The van der Waals surface area contributed by atoms with Crippen LogP contribution in [-0.4, -0.2) is 26.5 Å². The maximum atomic E-state index is 13.2. The fraction of sp³-hybridized carbons (Fsp3) is 0.120. The number of nitrogens with zero attached hydrogens (tertiary/aromatic N) is 4. The molecule has 170 valence electrons. The van der Waals surface area contributed by atoms with Gasteiger partial charge in [0.25, 0.3) is 5.56 Å². The van der Waals surface area contributed by atoms with Gasteiger partial charge in [-0.3, -0.25) is 14.3 Å². The Labute approximate surface area is 199 Å². The summed E-state index contributed by atoms with van der Waals surface area (Å²) in [6, 6.07) is 15.9. The van der Waals surface area contributed by atoms with E-state index in [1.165, 1.54) is 6.21 Å². The summed E-state index contributed by atoms with van der Waals surface area (Å²) in [5, 5.41) is 5.91. The lowest BCUT2D eigenvalue weighted by Gasteiger charge is -2.16. The summed E-state index contributed by atoms with van der Waals surface area (Å²) >= 11 is 5.99. The highest BCUT2D eigenvalue weighted by atomic mass is 35.5. The van der Waals surface area contributed by atoms with Crippen LogP contribution in [0.1, 0.15) is 33.3 Å². The predicted molar refractivity (Wildman–Crippen MR) is 132 cm³/mol. The second-order valence-corrected chi connectivity index (χ2v) is 8.36. The quantitative estimate of drug-likeness (QED) is 0.305. The van der Waals surface area contributed by atoms with Gasteiger partial charge in [-0.25, -0.2) is 10.4 Å². The number of furan rings is 1. The van der Waals surface area contributed by atoms with Crippen molar-refractivity contribution in [3.05, 3.63) is 98.5 Å². The van der Waals surface area contributed by atoms with Crippen molar-refractivity contribution in [2.45, 2.75) is 20.8 Å². The van der Waals surface area contributed by atoms with Crippen LogP contribution in [0, 0.1) is 20.8 Å². The third-order valence-corrected chi connectivity index (χ3v) is 5.86. The Hall–Kier alpha value is -4.17. The lowest BCUT2D eigenvalue weighted by Crippen LogP contribution is -2.30. The summed E-state index contributed by atoms with van der Waals surface area (Å²) < 4.78 is 8.90. The van der Waals surface area contributed by atoms with Gasteiger partial charge < -0.3 is 4.42 Å². The first-order chi connectivity index (χ1) is 16.3. The lowest BCUT2D eigenvalue weighted by atomic mass is 10.2. The maximum Gasteiger partial charge on any atom is 0.307 e. The zero-order chi connectivity index (χ0) is 24.0. The molecule has 34 heavy (non-hydrogen) atoms. The van der Waals surface area contributed by atoms with E-state index in [0.29, 0.717) is 27.3 Å². The molecule has 9 heteroatoms. The normalized spacial score (nSPS) is 11.6. The minimum Gasteiger partial charge on any atom is -0.451 e. The van der Waals surface area contributed by atoms with Crippen molar-refractivity contribution in [3.8, 4) is 0 Å². The van der Waals surface area contributed by atoms with Crippen LogP contribution < -0.4 is 11.0 Å². The van der Waals surface area contributed by atoms with Crippen molar-refractivity contribution >= 4 is 45.6 Å². The molecule has 0 aliphatic rings. The summed E-state index contributed by atoms with van der Waals surface area (Å²) in [6.07, 6.45) is 1.53. The minimum atomic E-state index is -0.483. The molecule has 0 bridgehead atoms. The van der Waals surface area contributed by atoms with E-state index >= 15 is 0 Å². The molecule has 0 radical (unpaired) electrons. The standard InChI is InChI=1S/C25H20ClN5O3/c1-14-10-18(13-27-29-24(32)23-12-17-11-19(26)8-9-22(17)34-23)15(2)30(14)31-16(3)28-21-7-5-4-6-20(21)25(31)33/h4-13H,1-3H3,(H,29,32). The molecule has 0 aliphatic carbocycles. The number of halogens is 1. The number of rotatable bonds is 4. The summed E-state index contributed by atoms with van der Waals surface area (Å²) in [5.74, 6) is 0.208. The Morgan fingerprint density at radius 1 is 1.09 bits per heavy atom. The highest BCUT2D eigenvalue weighted by Crippen LogP contribution is 2.23. The molecule has 5 rings (SSSR count). The number of carbonyl (C=O) groups excluding carboxylic acids is 1. The monoisotopic (exact) mass is 473 g/mol. The summed E-state index contributed by atoms with van der Waals surface area (Å²) in [5.41, 5.74) is 5.87. The summed E-state index contributed by atoms with van der Waals surface area (Å²) in [7, 11) is 0. The molecule has 0 unspecified atom stereocenters. The number of hydrazone groups is 1. The van der Waals surface area contributed by atoms with E-state index in [0.717, 1.165) is 22.3 Å². The predicted octanol–water partition coefficient (Wildman–Crippen LogP) is 4.60. The number of fused-ring (bicyclic) bond motifs is 2. The number of benzene rings is 2. The van der Waals surface area contributed by atoms with E-state index < -0.39 is 5.91 Å². The Balaban J connectivity index is 1.44. The Morgan fingerprint density at radius 2 is 1.88 bits per heavy atom. The molecule has 5 aromatic rings. The van der Waals surface area contributed by atoms with Crippen LogP contribution in [0.4, 0.5) is 0 Å². The molecule has 0 saturated heterocycles. The minimum absolute atomic E-state index is 0.129. The highest BCUT2D eigenvalue weighted by Gasteiger charge is 2.16. The Morgan fingerprint density at radius 3 is 2.71 bits per heavy atom. The van der Waals surface area contributed by atoms with Crippen molar-refractivity contribution < 1.29 is 9.21 Å². The Bertz CT molecular complexity index is 1680. The molecule has 8 nitrogen and oxygen atoms in total. The van der Waals surface area contributed by atoms with Crippen molar-refractivity contribution in [1.29, 1.82) is 0 Å². The smallest absolute Gasteiger partial charge is 0.307 e. The van der Waals surface area contributed by atoms with Gasteiger partial charge in [-0.1, -0.05) is 23.7 Å². The Kier molecular flexibility index (Phi) is 5.30. The van der Waals surface area contributed by atoms with Crippen LogP contribution in [0.3, 0.4) is 0 Å². The zero-order valence-electron chi connectivity index (χ0n) is 18.7. The largest absolute Gasteiger partial charge is 0.451 e. The van der Waals surface area contributed by atoms with Gasteiger partial charge in [0.2, 0.25) is 0 Å². The van der Waals surface area contributed by atoms with Crippen LogP contribution in [0.15, 0.2) is 68.9 Å². The molecule has 3 heterocycles. The van der Waals surface area contributed by atoms with Crippen LogP contribution in [0.5, 0.6) is 0 Å². The van der Waals surface area contributed by atoms with Crippen LogP contribution in [-0.2, 0) is 0 Å². The van der Waals surface area contributed by atoms with Gasteiger partial charge in [-0.05, 0) is 63.2 Å². The molecule has 0 saturated carbocycles. The van der Waals surface area contributed by atoms with Gasteiger partial charge in [0.1, 0.15) is 11.4 Å². The van der Waals surface area contributed by atoms with Crippen LogP contribution >= 0.6 is 11.6 Å². The van der Waals surface area contributed by atoms with Crippen LogP contribution in [0.25, 0.3) is 21.9 Å². The number of aromatic nitrogens is 3. The summed E-state index contributed by atoms with van der Waals surface area (Å²) in [4.78, 5) is 30.3. The summed E-state index contributed by atoms with van der Waals surface area (Å²) in [6.45, 7) is 5.56. The molecule has 2 aromatic carbocycles. The van der Waals surface area contributed by atoms with Gasteiger partial charge in [0.05, 0.1) is 17.1 Å². The lowest BCUT2D eigenvalue weighted by molar-refractivity contribution is 0.0929. The van der Waals surface area contributed by atoms with Crippen LogP contribution in [0.2, 0.25) is 5.02 Å². The van der Waals surface area contributed by atoms with E-state index in [4.69, 9.17) is 16.0 Å². The van der Waals surface area contributed by atoms with Gasteiger partial charge in [0, 0.05) is 27.4 Å². The fourth-order valence-corrected chi connectivity index (χ4v) is 4.21. The third-order valence-electron chi connectivity index (χ3n) is 5.62. The van der Waals surface area contributed by atoms with Crippen molar-refractivity contribution in [2.75, 3.05) is 0 Å². The number of carbonyl (C=O) groups is 1. The molecule has 1 N–H and O–H groups in total. The number of hydrogen-bond acceptors (Lipinski definition) is 5. The van der Waals surface area contributed by atoms with E-state index in [-0.39, 0.29) is 11.3 Å². The molecule has 0 fully saturated rings. The van der Waals surface area contributed by atoms with Crippen molar-refractivity contribution in [3.63, 3.8) is 0 Å². The molecule has 3 aromatic heterocycles. The molecular formula is C25H20ClN5O3. The second-order valence-electron chi connectivity index (χ2n) is 7.92. The van der Waals surface area contributed by atoms with Gasteiger partial charge >= 0.3 is 5.91 Å². The first-order valence-electron chi connectivity index (χ1n) is 10.5. The first-order valence-corrected chi connectivity index (χ1v) is 10.9. The SMILES string of the molecule is Cc1cc(C=NNC(=O)c2cc3cc(Cl)ccc3o2)c(C)n1-n1c(C)nc2ccccc2c1=O. The van der Waals surface area contributed by atoms with Gasteiger partial charge in [0.15, 0.2) is 5.76 Å². The van der Waals surface area contributed by atoms with Crippen molar-refractivity contribution in [2.24, 2.45) is 5.10 Å². The average molecular weight is 474 g/mol. The third kappa shape index (κ3) is 3.68. The van der Waals surface area contributed by atoms with Gasteiger partial charge in [-0.2, -0.15) is 9.78 Å². The zero-order valence-corrected chi connectivity index (χ0v) is 19.4. The topological polar surface area (TPSA) is 94.4 Å². The van der Waals surface area contributed by atoms with E-state index in [1.54, 1.807) is 46.6 Å². The van der Waals surface area contributed by atoms with E-state index in [2.05, 4.69) is 15.5 Å². The molecule has 0 spiro atoms. The first kappa shape index (κ1) is 21.7. The van der Waals surface area contributed by atoms with Crippen molar-refractivity contribution in [1.82, 2.24) is 19.8 Å². The number of hydrogen-bond donors (Lipinski definition) is 1. The number of nitrogens with one attached hydrogen (secondary N) is 1. The molecule has 0 atom stereocenters.